The molecule has 0 radical (unpaired) electrons. The van der Waals surface area contributed by atoms with Crippen LogP contribution in [0, 0.1) is 0 Å². The molecule has 0 spiro atoms. The number of ether oxygens (including phenoxy) is 2. The van der Waals surface area contributed by atoms with Gasteiger partial charge in [-0.25, -0.2) is 4.79 Å². The molecule has 1 atom stereocenters. The quantitative estimate of drug-likeness (QED) is 0.490. The van der Waals surface area contributed by atoms with Crippen LogP contribution in [0.15, 0.2) is 54.6 Å². The predicted octanol–water partition coefficient (Wildman–Crippen LogP) is 2.95. The average molecular weight is 421 g/mol. The minimum atomic E-state index is -3.65. The van der Waals surface area contributed by atoms with E-state index >= 15 is 0 Å². The number of alkyl carbamates (subject to hydrolysis) is 1. The first-order valence-corrected chi connectivity index (χ1v) is 10.7. The second kappa shape index (κ2) is 10.5. The van der Waals surface area contributed by atoms with E-state index in [1.54, 1.807) is 19.1 Å². The van der Waals surface area contributed by atoms with E-state index in [1.807, 2.05) is 30.3 Å². The van der Waals surface area contributed by atoms with Crippen LogP contribution in [-0.2, 0) is 31.0 Å². The van der Waals surface area contributed by atoms with Crippen molar-refractivity contribution in [2.75, 3.05) is 12.9 Å². The van der Waals surface area contributed by atoms with Crippen molar-refractivity contribution in [3.05, 3.63) is 65.7 Å². The number of hydrogen-bond acceptors (Lipinski definition) is 7. The van der Waals surface area contributed by atoms with Crippen LogP contribution in [0.3, 0.4) is 0 Å². The normalized spacial score (nSPS) is 11.9. The number of amides is 1. The Morgan fingerprint density at radius 2 is 1.66 bits per heavy atom. The Balaban J connectivity index is 2.07. The zero-order valence-electron chi connectivity index (χ0n) is 16.2. The predicted molar refractivity (Wildman–Crippen MR) is 106 cm³/mol. The standard InChI is InChI=1S/C20H23NO7S/c1-3-26-19(22)13-18(16-9-11-17(12-10-16)28-29(2,24)25)21-20(23)27-14-15-7-5-4-6-8-15/h4-12,18H,3,13-14H2,1-2H3,(H,21,23). The van der Waals surface area contributed by atoms with Gasteiger partial charge < -0.3 is 19.0 Å². The average Bonchev–Trinajstić information content (AvgIpc) is 2.66. The van der Waals surface area contributed by atoms with Gasteiger partial charge in [0.1, 0.15) is 12.4 Å². The maximum absolute atomic E-state index is 12.2. The molecule has 0 saturated carbocycles. The third-order valence-electron chi connectivity index (χ3n) is 3.71. The molecule has 156 valence electrons. The lowest BCUT2D eigenvalue weighted by Crippen LogP contribution is -2.31. The molecule has 29 heavy (non-hydrogen) atoms. The van der Waals surface area contributed by atoms with Crippen LogP contribution in [0.25, 0.3) is 0 Å². The summed E-state index contributed by atoms with van der Waals surface area (Å²) in [6, 6.07) is 14.4. The summed E-state index contributed by atoms with van der Waals surface area (Å²) in [6.45, 7) is 1.98. The third-order valence-corrected chi connectivity index (χ3v) is 4.21. The zero-order chi connectivity index (χ0) is 21.3. The number of esters is 1. The fourth-order valence-corrected chi connectivity index (χ4v) is 2.94. The summed E-state index contributed by atoms with van der Waals surface area (Å²) in [4.78, 5) is 24.1. The van der Waals surface area contributed by atoms with Crippen LogP contribution in [0.5, 0.6) is 5.75 Å². The van der Waals surface area contributed by atoms with E-state index in [4.69, 9.17) is 13.7 Å². The molecule has 1 unspecified atom stereocenters. The van der Waals surface area contributed by atoms with Gasteiger partial charge in [0.15, 0.2) is 0 Å². The van der Waals surface area contributed by atoms with Crippen molar-refractivity contribution in [3.63, 3.8) is 0 Å². The van der Waals surface area contributed by atoms with Gasteiger partial charge in [0.2, 0.25) is 0 Å². The van der Waals surface area contributed by atoms with Crippen molar-refractivity contribution in [2.24, 2.45) is 0 Å². The number of rotatable bonds is 9. The van der Waals surface area contributed by atoms with Gasteiger partial charge in [0.05, 0.1) is 25.3 Å². The number of hydrogen-bond donors (Lipinski definition) is 1. The molecule has 0 aliphatic heterocycles. The van der Waals surface area contributed by atoms with Gasteiger partial charge in [0.25, 0.3) is 0 Å². The van der Waals surface area contributed by atoms with Gasteiger partial charge in [-0.05, 0) is 30.2 Å². The molecule has 2 aromatic rings. The summed E-state index contributed by atoms with van der Waals surface area (Å²) in [5.74, 6) is -0.366. The maximum atomic E-state index is 12.2. The van der Waals surface area contributed by atoms with Crippen molar-refractivity contribution >= 4 is 22.2 Å². The molecule has 0 fully saturated rings. The molecule has 8 nitrogen and oxygen atoms in total. The Bertz CT molecular complexity index is 912. The lowest BCUT2D eigenvalue weighted by atomic mass is 10.0. The summed E-state index contributed by atoms with van der Waals surface area (Å²) in [5, 5.41) is 2.64. The summed E-state index contributed by atoms with van der Waals surface area (Å²) < 4.78 is 37.4. The number of carbonyl (C=O) groups is 2. The van der Waals surface area contributed by atoms with Crippen LogP contribution < -0.4 is 9.50 Å². The Labute approximate surface area is 169 Å². The van der Waals surface area contributed by atoms with Crippen molar-refractivity contribution < 1.29 is 31.7 Å². The highest BCUT2D eigenvalue weighted by Crippen LogP contribution is 2.22. The van der Waals surface area contributed by atoms with Crippen LogP contribution in [0.1, 0.15) is 30.5 Å². The first kappa shape index (κ1) is 22.2. The van der Waals surface area contributed by atoms with Crippen molar-refractivity contribution in [3.8, 4) is 5.75 Å². The molecule has 1 amide bonds. The topological polar surface area (TPSA) is 108 Å². The molecular formula is C20H23NO7S. The molecular weight excluding hydrogens is 398 g/mol. The molecule has 2 rings (SSSR count). The first-order valence-electron chi connectivity index (χ1n) is 8.89. The minimum Gasteiger partial charge on any atom is -0.466 e. The second-order valence-corrected chi connectivity index (χ2v) is 7.70. The van der Waals surface area contributed by atoms with E-state index in [9.17, 15) is 18.0 Å². The summed E-state index contributed by atoms with van der Waals surface area (Å²) in [6.07, 6.45) is 0.134. The highest BCUT2D eigenvalue weighted by Gasteiger charge is 2.20. The molecule has 0 bridgehead atoms. The van der Waals surface area contributed by atoms with Crippen molar-refractivity contribution in [1.82, 2.24) is 5.32 Å². The van der Waals surface area contributed by atoms with E-state index in [0.717, 1.165) is 11.8 Å². The van der Waals surface area contributed by atoms with Crippen LogP contribution >= 0.6 is 0 Å². The fourth-order valence-electron chi connectivity index (χ4n) is 2.48. The lowest BCUT2D eigenvalue weighted by Gasteiger charge is -2.18. The summed E-state index contributed by atoms with van der Waals surface area (Å²) in [7, 11) is -3.65. The smallest absolute Gasteiger partial charge is 0.407 e. The third kappa shape index (κ3) is 8.22. The number of carbonyl (C=O) groups excluding carboxylic acids is 2. The monoisotopic (exact) mass is 421 g/mol. The van der Waals surface area contributed by atoms with E-state index < -0.39 is 28.2 Å². The van der Waals surface area contributed by atoms with Crippen molar-refractivity contribution in [1.29, 1.82) is 0 Å². The Kier molecular flexibility index (Phi) is 8.02. The van der Waals surface area contributed by atoms with Crippen molar-refractivity contribution in [2.45, 2.75) is 26.0 Å². The molecule has 1 N–H and O–H groups in total. The van der Waals surface area contributed by atoms with Gasteiger partial charge in [-0.15, -0.1) is 0 Å². The molecule has 0 aliphatic carbocycles. The van der Waals surface area contributed by atoms with Gasteiger partial charge in [-0.3, -0.25) is 4.79 Å². The lowest BCUT2D eigenvalue weighted by molar-refractivity contribution is -0.143. The molecule has 0 aromatic heterocycles. The largest absolute Gasteiger partial charge is 0.466 e. The molecule has 2 aromatic carbocycles. The van der Waals surface area contributed by atoms with Crippen LogP contribution in [-0.4, -0.2) is 33.3 Å². The Hall–Kier alpha value is -3.07. The van der Waals surface area contributed by atoms with Gasteiger partial charge >= 0.3 is 22.2 Å². The highest BCUT2D eigenvalue weighted by atomic mass is 32.2. The van der Waals surface area contributed by atoms with Gasteiger partial charge in [0, 0.05) is 0 Å². The Morgan fingerprint density at radius 1 is 1.00 bits per heavy atom. The molecule has 0 saturated heterocycles. The van der Waals surface area contributed by atoms with E-state index in [0.29, 0.717) is 5.56 Å². The van der Waals surface area contributed by atoms with E-state index in [1.165, 1.54) is 12.1 Å². The van der Waals surface area contributed by atoms with Gasteiger partial charge in [-0.1, -0.05) is 42.5 Å². The second-order valence-electron chi connectivity index (χ2n) is 6.12. The number of benzene rings is 2. The van der Waals surface area contributed by atoms with E-state index in [2.05, 4.69) is 5.32 Å². The SMILES string of the molecule is CCOC(=O)CC(NC(=O)OCc1ccccc1)c1ccc(OS(C)(=O)=O)cc1. The molecule has 0 aliphatic rings. The summed E-state index contributed by atoms with van der Waals surface area (Å²) >= 11 is 0. The van der Waals surface area contributed by atoms with Crippen LogP contribution in [0.2, 0.25) is 0 Å². The molecule has 0 heterocycles. The van der Waals surface area contributed by atoms with Gasteiger partial charge in [-0.2, -0.15) is 8.42 Å². The summed E-state index contributed by atoms with van der Waals surface area (Å²) in [5.41, 5.74) is 1.39. The fraction of sp³-hybridized carbons (Fsp3) is 0.300. The van der Waals surface area contributed by atoms with E-state index in [-0.39, 0.29) is 25.4 Å². The maximum Gasteiger partial charge on any atom is 0.407 e. The zero-order valence-corrected chi connectivity index (χ0v) is 17.0. The molecule has 9 heteroatoms. The number of nitrogens with one attached hydrogen (secondary N) is 1. The van der Waals surface area contributed by atoms with Crippen LogP contribution in [0.4, 0.5) is 4.79 Å². The minimum absolute atomic E-state index is 0.0833. The first-order chi connectivity index (χ1) is 13.8. The highest BCUT2D eigenvalue weighted by molar-refractivity contribution is 7.86. The Morgan fingerprint density at radius 3 is 2.24 bits per heavy atom.